The maximum atomic E-state index is 7.58. The lowest BCUT2D eigenvalue weighted by molar-refractivity contribution is 0.831. The first-order valence-electron chi connectivity index (χ1n) is 5.16. The highest BCUT2D eigenvalue weighted by Gasteiger charge is 2.11. The standard InChI is InChI=1S/C12H13ClN4/c1-7-5-8(2)17(16-7)11-4-3-9(13)6-10(11)12(14)15/h3-6H,1-2H3,(H3,14,15). The Balaban J connectivity index is 2.67. The van der Waals surface area contributed by atoms with Crippen LogP contribution in [0, 0.1) is 19.3 Å². The second kappa shape index (κ2) is 4.22. The molecule has 5 heteroatoms. The molecule has 0 unspecified atom stereocenters. The molecular formula is C12H13ClN4. The van der Waals surface area contributed by atoms with Crippen LogP contribution in [0.5, 0.6) is 0 Å². The minimum absolute atomic E-state index is 0.0185. The first-order chi connectivity index (χ1) is 7.99. The molecule has 0 fully saturated rings. The molecule has 1 heterocycles. The first kappa shape index (κ1) is 11.7. The molecule has 17 heavy (non-hydrogen) atoms. The van der Waals surface area contributed by atoms with E-state index in [2.05, 4.69) is 5.10 Å². The lowest BCUT2D eigenvalue weighted by atomic mass is 10.1. The van der Waals surface area contributed by atoms with E-state index in [4.69, 9.17) is 22.7 Å². The Bertz CT molecular complexity index is 586. The van der Waals surface area contributed by atoms with Gasteiger partial charge in [-0.3, -0.25) is 5.41 Å². The molecule has 0 spiro atoms. The summed E-state index contributed by atoms with van der Waals surface area (Å²) in [5.41, 5.74) is 8.83. The van der Waals surface area contributed by atoms with Crippen LogP contribution in [0.25, 0.3) is 5.69 Å². The van der Waals surface area contributed by atoms with E-state index in [0.29, 0.717) is 10.6 Å². The number of nitrogen functional groups attached to an aromatic ring is 1. The number of amidine groups is 1. The Morgan fingerprint density at radius 3 is 2.59 bits per heavy atom. The number of benzene rings is 1. The Morgan fingerprint density at radius 2 is 2.06 bits per heavy atom. The normalized spacial score (nSPS) is 10.5. The average molecular weight is 249 g/mol. The largest absolute Gasteiger partial charge is 0.384 e. The van der Waals surface area contributed by atoms with Crippen LogP contribution in [-0.2, 0) is 0 Å². The summed E-state index contributed by atoms with van der Waals surface area (Å²) in [6.45, 7) is 3.88. The molecule has 0 atom stereocenters. The van der Waals surface area contributed by atoms with Crippen molar-refractivity contribution in [3.63, 3.8) is 0 Å². The molecule has 0 radical (unpaired) electrons. The fraction of sp³-hybridized carbons (Fsp3) is 0.167. The second-order valence-corrected chi connectivity index (χ2v) is 4.35. The number of aromatic nitrogens is 2. The molecule has 2 aromatic rings. The zero-order valence-corrected chi connectivity index (χ0v) is 10.4. The smallest absolute Gasteiger partial charge is 0.125 e. The highest BCUT2D eigenvalue weighted by molar-refractivity contribution is 6.31. The molecule has 88 valence electrons. The lowest BCUT2D eigenvalue weighted by Crippen LogP contribution is -2.15. The van der Waals surface area contributed by atoms with Gasteiger partial charge >= 0.3 is 0 Å². The summed E-state index contributed by atoms with van der Waals surface area (Å²) in [4.78, 5) is 0. The van der Waals surface area contributed by atoms with Gasteiger partial charge in [-0.25, -0.2) is 4.68 Å². The van der Waals surface area contributed by atoms with Crippen molar-refractivity contribution in [1.82, 2.24) is 9.78 Å². The van der Waals surface area contributed by atoms with E-state index in [-0.39, 0.29) is 5.84 Å². The first-order valence-corrected chi connectivity index (χ1v) is 5.54. The highest BCUT2D eigenvalue weighted by atomic mass is 35.5. The third-order valence-electron chi connectivity index (χ3n) is 2.49. The van der Waals surface area contributed by atoms with Gasteiger partial charge in [0.1, 0.15) is 5.84 Å². The maximum Gasteiger partial charge on any atom is 0.125 e. The van der Waals surface area contributed by atoms with Crippen LogP contribution < -0.4 is 5.73 Å². The van der Waals surface area contributed by atoms with Gasteiger partial charge in [0.15, 0.2) is 0 Å². The molecule has 0 saturated carbocycles. The maximum absolute atomic E-state index is 7.58. The van der Waals surface area contributed by atoms with E-state index in [0.717, 1.165) is 17.1 Å². The number of rotatable bonds is 2. The van der Waals surface area contributed by atoms with E-state index in [1.807, 2.05) is 26.0 Å². The minimum atomic E-state index is -0.0185. The molecule has 0 aliphatic rings. The van der Waals surface area contributed by atoms with Crippen molar-refractivity contribution in [3.05, 3.63) is 46.2 Å². The predicted octanol–water partition coefficient (Wildman–Crippen LogP) is 2.43. The molecule has 0 bridgehead atoms. The molecule has 1 aromatic carbocycles. The summed E-state index contributed by atoms with van der Waals surface area (Å²) in [5.74, 6) is -0.0185. The topological polar surface area (TPSA) is 67.7 Å². The number of halogens is 1. The van der Waals surface area contributed by atoms with Crippen molar-refractivity contribution in [1.29, 1.82) is 5.41 Å². The number of nitrogens with two attached hydrogens (primary N) is 1. The number of nitrogens with zero attached hydrogens (tertiary/aromatic N) is 2. The molecule has 0 amide bonds. The molecule has 1 aromatic heterocycles. The summed E-state index contributed by atoms with van der Waals surface area (Å²) in [6.07, 6.45) is 0. The third-order valence-corrected chi connectivity index (χ3v) is 2.72. The Morgan fingerprint density at radius 1 is 1.35 bits per heavy atom. The van der Waals surface area contributed by atoms with Crippen LogP contribution in [0.1, 0.15) is 17.0 Å². The van der Waals surface area contributed by atoms with Gasteiger partial charge in [-0.1, -0.05) is 11.6 Å². The van der Waals surface area contributed by atoms with Gasteiger partial charge in [-0.2, -0.15) is 5.10 Å². The monoisotopic (exact) mass is 248 g/mol. The predicted molar refractivity (Wildman–Crippen MR) is 69.1 cm³/mol. The van der Waals surface area contributed by atoms with Crippen LogP contribution in [0.3, 0.4) is 0 Å². The Kier molecular flexibility index (Phi) is 2.90. The zero-order valence-electron chi connectivity index (χ0n) is 9.66. The van der Waals surface area contributed by atoms with Crippen LogP contribution >= 0.6 is 11.6 Å². The van der Waals surface area contributed by atoms with Crippen molar-refractivity contribution >= 4 is 17.4 Å². The van der Waals surface area contributed by atoms with Crippen LogP contribution in [0.4, 0.5) is 0 Å². The fourth-order valence-corrected chi connectivity index (χ4v) is 1.95. The van der Waals surface area contributed by atoms with Crippen LogP contribution in [-0.4, -0.2) is 15.6 Å². The molecular weight excluding hydrogens is 236 g/mol. The van der Waals surface area contributed by atoms with Gasteiger partial charge in [-0.15, -0.1) is 0 Å². The molecule has 3 N–H and O–H groups in total. The molecule has 2 rings (SSSR count). The molecule has 0 aliphatic heterocycles. The number of aryl methyl sites for hydroxylation is 2. The number of hydrogen-bond acceptors (Lipinski definition) is 2. The van der Waals surface area contributed by atoms with Gasteiger partial charge in [0.25, 0.3) is 0 Å². The summed E-state index contributed by atoms with van der Waals surface area (Å²) in [7, 11) is 0. The van der Waals surface area contributed by atoms with Crippen LogP contribution in [0.2, 0.25) is 5.02 Å². The third kappa shape index (κ3) is 2.17. The molecule has 0 aliphatic carbocycles. The van der Waals surface area contributed by atoms with E-state index >= 15 is 0 Å². The Labute approximate surface area is 105 Å². The lowest BCUT2D eigenvalue weighted by Gasteiger charge is -2.10. The van der Waals surface area contributed by atoms with Crippen LogP contribution in [0.15, 0.2) is 24.3 Å². The molecule has 4 nitrogen and oxygen atoms in total. The van der Waals surface area contributed by atoms with E-state index in [1.165, 1.54) is 0 Å². The second-order valence-electron chi connectivity index (χ2n) is 3.91. The quantitative estimate of drug-likeness (QED) is 0.633. The zero-order chi connectivity index (χ0) is 12.6. The summed E-state index contributed by atoms with van der Waals surface area (Å²) in [5, 5.41) is 12.5. The highest BCUT2D eigenvalue weighted by Crippen LogP contribution is 2.20. The van der Waals surface area contributed by atoms with Crippen molar-refractivity contribution < 1.29 is 0 Å². The fourth-order valence-electron chi connectivity index (χ4n) is 1.78. The molecule has 0 saturated heterocycles. The van der Waals surface area contributed by atoms with Crippen molar-refractivity contribution in [2.24, 2.45) is 5.73 Å². The summed E-state index contributed by atoms with van der Waals surface area (Å²) >= 11 is 5.91. The SMILES string of the molecule is Cc1cc(C)n(-c2ccc(Cl)cc2C(=N)N)n1. The number of hydrogen-bond donors (Lipinski definition) is 2. The van der Waals surface area contributed by atoms with E-state index in [1.54, 1.807) is 16.8 Å². The summed E-state index contributed by atoms with van der Waals surface area (Å²) < 4.78 is 1.77. The average Bonchev–Trinajstić information content (AvgIpc) is 2.57. The van der Waals surface area contributed by atoms with Gasteiger partial charge in [0.05, 0.1) is 11.4 Å². The van der Waals surface area contributed by atoms with Crippen molar-refractivity contribution in [2.45, 2.75) is 13.8 Å². The van der Waals surface area contributed by atoms with Gasteiger partial charge < -0.3 is 5.73 Å². The summed E-state index contributed by atoms with van der Waals surface area (Å²) in [6, 6.07) is 7.23. The van der Waals surface area contributed by atoms with E-state index < -0.39 is 0 Å². The minimum Gasteiger partial charge on any atom is -0.384 e. The van der Waals surface area contributed by atoms with Gasteiger partial charge in [0, 0.05) is 16.3 Å². The van der Waals surface area contributed by atoms with E-state index in [9.17, 15) is 0 Å². The van der Waals surface area contributed by atoms with Crippen molar-refractivity contribution in [3.8, 4) is 5.69 Å². The van der Waals surface area contributed by atoms with Gasteiger partial charge in [-0.05, 0) is 38.1 Å². The number of nitrogens with one attached hydrogen (secondary N) is 1. The van der Waals surface area contributed by atoms with Gasteiger partial charge in [0.2, 0.25) is 0 Å². The van der Waals surface area contributed by atoms with Crippen molar-refractivity contribution in [2.75, 3.05) is 0 Å². The Hall–Kier alpha value is -1.81.